The number of pyridine rings is 1. The van der Waals surface area contributed by atoms with Gasteiger partial charge in [-0.15, -0.1) is 0 Å². The van der Waals surface area contributed by atoms with Gasteiger partial charge in [0.1, 0.15) is 6.61 Å². The number of nitrogens with two attached hydrogens (primary N) is 1. The fourth-order valence-corrected chi connectivity index (χ4v) is 2.63. The summed E-state index contributed by atoms with van der Waals surface area (Å²) < 4.78 is 5.09. The van der Waals surface area contributed by atoms with Crippen LogP contribution in [-0.2, 0) is 16.1 Å². The van der Waals surface area contributed by atoms with Gasteiger partial charge in [-0.25, -0.2) is 4.79 Å². The van der Waals surface area contributed by atoms with Gasteiger partial charge in [-0.3, -0.25) is 19.9 Å². The van der Waals surface area contributed by atoms with Gasteiger partial charge < -0.3 is 10.5 Å². The molecule has 0 spiro atoms. The summed E-state index contributed by atoms with van der Waals surface area (Å²) in [4.78, 5) is 38.0. The quantitative estimate of drug-likeness (QED) is 0.305. The van der Waals surface area contributed by atoms with Crippen molar-refractivity contribution < 1.29 is 19.2 Å². The highest BCUT2D eigenvalue weighted by atomic mass is 16.6. The van der Waals surface area contributed by atoms with Crippen molar-refractivity contribution in [3.63, 3.8) is 0 Å². The van der Waals surface area contributed by atoms with E-state index in [4.69, 9.17) is 10.5 Å². The number of carbonyl (C=O) groups is 2. The number of ether oxygens (including phenoxy) is 1. The zero-order valence-corrected chi connectivity index (χ0v) is 14.6. The number of nitro benzene ring substituents is 1. The molecule has 0 unspecified atom stereocenters. The number of aromatic nitrogens is 1. The summed E-state index contributed by atoms with van der Waals surface area (Å²) in [7, 11) is 0. The number of hydrogen-bond acceptors (Lipinski definition) is 6. The van der Waals surface area contributed by atoms with Crippen LogP contribution in [0.15, 0.2) is 60.8 Å². The molecule has 0 fully saturated rings. The van der Waals surface area contributed by atoms with E-state index in [2.05, 4.69) is 4.98 Å². The number of benzene rings is 2. The van der Waals surface area contributed by atoms with Crippen molar-refractivity contribution in [2.24, 2.45) is 5.73 Å². The third-order valence-electron chi connectivity index (χ3n) is 4.00. The van der Waals surface area contributed by atoms with Gasteiger partial charge in [0.15, 0.2) is 0 Å². The maximum Gasteiger partial charge on any atom is 0.331 e. The Bertz CT molecular complexity index is 1100. The zero-order valence-electron chi connectivity index (χ0n) is 14.6. The van der Waals surface area contributed by atoms with E-state index in [1.807, 2.05) is 30.3 Å². The average molecular weight is 377 g/mol. The Morgan fingerprint density at radius 3 is 2.71 bits per heavy atom. The van der Waals surface area contributed by atoms with Crippen LogP contribution in [-0.4, -0.2) is 21.8 Å². The van der Waals surface area contributed by atoms with Crippen molar-refractivity contribution in [3.05, 3.63) is 87.6 Å². The molecule has 0 bridgehead atoms. The molecule has 2 N–H and O–H groups in total. The van der Waals surface area contributed by atoms with E-state index in [9.17, 15) is 19.7 Å². The van der Waals surface area contributed by atoms with Crippen molar-refractivity contribution in [1.29, 1.82) is 0 Å². The van der Waals surface area contributed by atoms with Crippen LogP contribution in [0.2, 0.25) is 0 Å². The topological polar surface area (TPSA) is 125 Å². The van der Waals surface area contributed by atoms with E-state index in [1.54, 1.807) is 12.3 Å². The highest BCUT2D eigenvalue weighted by molar-refractivity contribution is 5.94. The fraction of sp³-hybridized carbons (Fsp3) is 0.0500. The molecule has 28 heavy (non-hydrogen) atoms. The molecule has 0 atom stereocenters. The summed E-state index contributed by atoms with van der Waals surface area (Å²) in [5, 5.41) is 12.1. The number of para-hydroxylation sites is 1. The molecule has 0 aliphatic rings. The number of rotatable bonds is 6. The summed E-state index contributed by atoms with van der Waals surface area (Å²) in [5.41, 5.74) is 6.43. The number of fused-ring (bicyclic) bond motifs is 1. The Balaban J connectivity index is 1.73. The smallest absolute Gasteiger partial charge is 0.331 e. The van der Waals surface area contributed by atoms with E-state index in [-0.39, 0.29) is 23.4 Å². The molecular weight excluding hydrogens is 362 g/mol. The largest absolute Gasteiger partial charge is 0.457 e. The molecule has 8 nitrogen and oxygen atoms in total. The predicted molar refractivity (Wildman–Crippen MR) is 102 cm³/mol. The molecule has 3 aromatic rings. The average Bonchev–Trinajstić information content (AvgIpc) is 2.70. The van der Waals surface area contributed by atoms with Gasteiger partial charge in [0.05, 0.1) is 16.0 Å². The summed E-state index contributed by atoms with van der Waals surface area (Å²) >= 11 is 0. The van der Waals surface area contributed by atoms with Crippen LogP contribution in [0.4, 0.5) is 5.69 Å². The first-order valence-corrected chi connectivity index (χ1v) is 8.21. The molecule has 3 rings (SSSR count). The van der Waals surface area contributed by atoms with Gasteiger partial charge in [0.25, 0.3) is 5.69 Å². The summed E-state index contributed by atoms with van der Waals surface area (Å²) in [5.74, 6) is -1.44. The van der Waals surface area contributed by atoms with E-state index in [0.29, 0.717) is 0 Å². The van der Waals surface area contributed by atoms with Gasteiger partial charge in [0.2, 0.25) is 5.91 Å². The Kier molecular flexibility index (Phi) is 5.40. The number of carbonyl (C=O) groups excluding carboxylic acids is 2. The number of primary amides is 1. The van der Waals surface area contributed by atoms with Gasteiger partial charge in [-0.1, -0.05) is 24.3 Å². The normalized spacial score (nSPS) is 10.9. The van der Waals surface area contributed by atoms with Crippen LogP contribution in [0.3, 0.4) is 0 Å². The zero-order chi connectivity index (χ0) is 20.1. The highest BCUT2D eigenvalue weighted by Crippen LogP contribution is 2.21. The highest BCUT2D eigenvalue weighted by Gasteiger charge is 2.17. The van der Waals surface area contributed by atoms with Crippen molar-refractivity contribution in [3.8, 4) is 0 Å². The third kappa shape index (κ3) is 4.18. The first kappa shape index (κ1) is 18.7. The van der Waals surface area contributed by atoms with Crippen molar-refractivity contribution in [2.75, 3.05) is 0 Å². The van der Waals surface area contributed by atoms with E-state index in [1.165, 1.54) is 18.2 Å². The van der Waals surface area contributed by atoms with E-state index < -0.39 is 16.8 Å². The van der Waals surface area contributed by atoms with Crippen molar-refractivity contribution >= 4 is 34.5 Å². The van der Waals surface area contributed by atoms with Crippen LogP contribution < -0.4 is 5.73 Å². The summed E-state index contributed by atoms with van der Waals surface area (Å²) in [6.07, 6.45) is 4.46. The van der Waals surface area contributed by atoms with Crippen LogP contribution in [0.5, 0.6) is 0 Å². The molecule has 1 heterocycles. The molecule has 140 valence electrons. The van der Waals surface area contributed by atoms with Crippen LogP contribution in [0, 0.1) is 10.1 Å². The van der Waals surface area contributed by atoms with Crippen LogP contribution in [0.25, 0.3) is 17.0 Å². The number of amides is 1. The van der Waals surface area contributed by atoms with Gasteiger partial charge >= 0.3 is 5.97 Å². The SMILES string of the molecule is NC(=O)c1ccc(COC(=O)/C=C/c2cccc3cccnc23)c([N+](=O)[O-])c1. The third-order valence-corrected chi connectivity index (χ3v) is 4.00. The Morgan fingerprint density at radius 2 is 1.96 bits per heavy atom. The Hall–Kier alpha value is -4.07. The lowest BCUT2D eigenvalue weighted by atomic mass is 10.1. The second-order valence-corrected chi connectivity index (χ2v) is 5.83. The minimum Gasteiger partial charge on any atom is -0.457 e. The first-order chi connectivity index (χ1) is 13.5. The molecule has 8 heteroatoms. The summed E-state index contributed by atoms with van der Waals surface area (Å²) in [6.45, 7) is -0.313. The lowest BCUT2D eigenvalue weighted by Crippen LogP contribution is -2.12. The molecule has 0 aliphatic carbocycles. The van der Waals surface area contributed by atoms with E-state index >= 15 is 0 Å². The van der Waals surface area contributed by atoms with Gasteiger partial charge in [0, 0.05) is 34.9 Å². The minimum absolute atomic E-state index is 0.00475. The van der Waals surface area contributed by atoms with E-state index in [0.717, 1.165) is 22.5 Å². The minimum atomic E-state index is -0.779. The van der Waals surface area contributed by atoms with Crippen LogP contribution >= 0.6 is 0 Å². The molecule has 1 amide bonds. The Labute approximate surface area is 159 Å². The predicted octanol–water partition coefficient (Wildman–Crippen LogP) is 3.00. The second kappa shape index (κ2) is 8.09. The molecule has 0 saturated carbocycles. The second-order valence-electron chi connectivity index (χ2n) is 5.83. The Morgan fingerprint density at radius 1 is 1.18 bits per heavy atom. The standard InChI is InChI=1S/C20H15N3O5/c21-20(25)15-6-7-16(17(11-15)23(26)27)12-28-18(24)9-8-14-4-1-3-13-5-2-10-22-19(13)14/h1-11H,12H2,(H2,21,25)/b9-8+. The molecule has 0 saturated heterocycles. The molecule has 2 aromatic carbocycles. The number of nitro groups is 1. The lowest BCUT2D eigenvalue weighted by Gasteiger charge is -2.05. The number of nitrogens with zero attached hydrogens (tertiary/aromatic N) is 2. The molecule has 1 aromatic heterocycles. The van der Waals surface area contributed by atoms with Crippen molar-refractivity contribution in [2.45, 2.75) is 6.61 Å². The molecular formula is C20H15N3O5. The first-order valence-electron chi connectivity index (χ1n) is 8.21. The maximum absolute atomic E-state index is 12.0. The maximum atomic E-state index is 12.0. The van der Waals surface area contributed by atoms with Gasteiger partial charge in [-0.05, 0) is 24.3 Å². The van der Waals surface area contributed by atoms with Crippen LogP contribution in [0.1, 0.15) is 21.5 Å². The fourth-order valence-electron chi connectivity index (χ4n) is 2.63. The number of hydrogen-bond donors (Lipinski definition) is 1. The monoisotopic (exact) mass is 377 g/mol. The number of esters is 1. The molecule has 0 radical (unpaired) electrons. The van der Waals surface area contributed by atoms with Gasteiger partial charge in [-0.2, -0.15) is 0 Å². The summed E-state index contributed by atoms with van der Waals surface area (Å²) in [6, 6.07) is 13.0. The molecule has 0 aliphatic heterocycles. The van der Waals surface area contributed by atoms with Crippen molar-refractivity contribution in [1.82, 2.24) is 4.98 Å². The lowest BCUT2D eigenvalue weighted by molar-refractivity contribution is -0.385.